The highest BCUT2D eigenvalue weighted by molar-refractivity contribution is 8.00. The molecule has 1 amide bonds. The summed E-state index contributed by atoms with van der Waals surface area (Å²) < 4.78 is 0. The van der Waals surface area contributed by atoms with Crippen LogP contribution in [0, 0.1) is 5.92 Å². The summed E-state index contributed by atoms with van der Waals surface area (Å²) in [6, 6.07) is -0.617. The van der Waals surface area contributed by atoms with Crippen molar-refractivity contribution in [3.05, 3.63) is 0 Å². The van der Waals surface area contributed by atoms with E-state index in [0.717, 1.165) is 13.0 Å². The van der Waals surface area contributed by atoms with Gasteiger partial charge in [0, 0.05) is 17.7 Å². The number of hydrogen-bond donors (Lipinski definition) is 4. The van der Waals surface area contributed by atoms with E-state index in [2.05, 4.69) is 5.32 Å². The van der Waals surface area contributed by atoms with Gasteiger partial charge in [0.2, 0.25) is 5.91 Å². The predicted molar refractivity (Wildman–Crippen MR) is 82.1 cm³/mol. The van der Waals surface area contributed by atoms with Gasteiger partial charge in [-0.2, -0.15) is 11.8 Å². The summed E-state index contributed by atoms with van der Waals surface area (Å²) in [7, 11) is 0. The number of carbonyl (C=O) groups excluding carboxylic acids is 2. The van der Waals surface area contributed by atoms with E-state index in [-0.39, 0.29) is 5.78 Å². The van der Waals surface area contributed by atoms with Gasteiger partial charge in [-0.1, -0.05) is 6.42 Å². The predicted octanol–water partition coefficient (Wildman–Crippen LogP) is -0.444. The van der Waals surface area contributed by atoms with Crippen molar-refractivity contribution >= 4 is 23.5 Å². The molecule has 2 unspecified atom stereocenters. The van der Waals surface area contributed by atoms with Gasteiger partial charge in [0.25, 0.3) is 0 Å². The van der Waals surface area contributed by atoms with E-state index >= 15 is 0 Å². The van der Waals surface area contributed by atoms with Crippen molar-refractivity contribution in [2.45, 2.75) is 43.4 Å². The van der Waals surface area contributed by atoms with Gasteiger partial charge in [0.05, 0.1) is 6.04 Å². The summed E-state index contributed by atoms with van der Waals surface area (Å²) in [6.45, 7) is 1.13. The number of amides is 1. The molecule has 0 bridgehead atoms. The van der Waals surface area contributed by atoms with E-state index in [4.69, 9.17) is 17.2 Å². The van der Waals surface area contributed by atoms with Crippen LogP contribution in [0.15, 0.2) is 0 Å². The molecule has 0 spiro atoms. The zero-order chi connectivity index (χ0) is 15.0. The summed E-state index contributed by atoms with van der Waals surface area (Å²) in [5, 5.41) is 3.54. The van der Waals surface area contributed by atoms with E-state index in [1.54, 1.807) is 11.8 Å². The number of primary amides is 1. The molecule has 116 valence electrons. The van der Waals surface area contributed by atoms with Crippen LogP contribution >= 0.6 is 11.8 Å². The molecule has 1 aliphatic rings. The standard InChI is InChI=1S/C13H26N4O2S/c14-8-17-6-2-5-11(15)12(18)10(13(16)19)7-20-9-3-1-4-9/h9-11,17H,1-8,14-15H2,(H2,16,19). The van der Waals surface area contributed by atoms with Gasteiger partial charge in [0.1, 0.15) is 5.92 Å². The molecular formula is C13H26N4O2S. The summed E-state index contributed by atoms with van der Waals surface area (Å²) in [4.78, 5) is 23.6. The van der Waals surface area contributed by atoms with Crippen LogP contribution in [0.25, 0.3) is 0 Å². The Kier molecular flexibility index (Phi) is 8.13. The Balaban J connectivity index is 2.35. The summed E-state index contributed by atoms with van der Waals surface area (Å²) in [5.41, 5.74) is 16.5. The molecule has 20 heavy (non-hydrogen) atoms. The fourth-order valence-corrected chi connectivity index (χ4v) is 3.48. The van der Waals surface area contributed by atoms with Crippen molar-refractivity contribution in [3.8, 4) is 0 Å². The van der Waals surface area contributed by atoms with Crippen molar-refractivity contribution in [2.24, 2.45) is 23.1 Å². The zero-order valence-electron chi connectivity index (χ0n) is 11.8. The number of nitrogens with two attached hydrogens (primary N) is 3. The highest BCUT2D eigenvalue weighted by Crippen LogP contribution is 2.32. The van der Waals surface area contributed by atoms with Gasteiger partial charge in [-0.15, -0.1) is 0 Å². The molecule has 0 saturated heterocycles. The van der Waals surface area contributed by atoms with Gasteiger partial charge in [-0.05, 0) is 32.2 Å². The number of rotatable bonds is 11. The second kappa shape index (κ2) is 9.33. The molecule has 1 rings (SSSR count). The molecule has 7 heteroatoms. The first-order chi connectivity index (χ1) is 9.56. The first-order valence-electron chi connectivity index (χ1n) is 7.17. The first kappa shape index (κ1) is 17.4. The van der Waals surface area contributed by atoms with Crippen LogP contribution in [0.4, 0.5) is 0 Å². The van der Waals surface area contributed by atoms with Crippen LogP contribution in [0.3, 0.4) is 0 Å². The lowest BCUT2D eigenvalue weighted by molar-refractivity contribution is -0.132. The minimum atomic E-state index is -0.752. The van der Waals surface area contributed by atoms with Crippen LogP contribution in [-0.2, 0) is 9.59 Å². The van der Waals surface area contributed by atoms with E-state index in [9.17, 15) is 9.59 Å². The van der Waals surface area contributed by atoms with Gasteiger partial charge in [-0.3, -0.25) is 9.59 Å². The molecule has 1 saturated carbocycles. The SMILES string of the molecule is NCNCCCC(N)C(=O)C(CSC1CCC1)C(N)=O. The Morgan fingerprint density at radius 2 is 2.05 bits per heavy atom. The molecule has 1 aliphatic carbocycles. The molecule has 0 aromatic rings. The van der Waals surface area contributed by atoms with Crippen LogP contribution in [0.5, 0.6) is 0 Å². The van der Waals surface area contributed by atoms with Crippen molar-refractivity contribution < 1.29 is 9.59 Å². The molecule has 0 heterocycles. The Hall–Kier alpha value is -0.630. The quantitative estimate of drug-likeness (QED) is 0.233. The highest BCUT2D eigenvalue weighted by Gasteiger charge is 2.30. The van der Waals surface area contributed by atoms with E-state index in [0.29, 0.717) is 24.1 Å². The second-order valence-electron chi connectivity index (χ2n) is 5.20. The van der Waals surface area contributed by atoms with Crippen molar-refractivity contribution in [2.75, 3.05) is 19.0 Å². The van der Waals surface area contributed by atoms with Crippen molar-refractivity contribution in [3.63, 3.8) is 0 Å². The maximum Gasteiger partial charge on any atom is 0.228 e. The minimum Gasteiger partial charge on any atom is -0.369 e. The summed E-state index contributed by atoms with van der Waals surface area (Å²) in [5.74, 6) is -1.07. The molecule has 0 aromatic carbocycles. The van der Waals surface area contributed by atoms with Gasteiger partial charge >= 0.3 is 0 Å². The maximum absolute atomic E-state index is 12.2. The van der Waals surface area contributed by atoms with Crippen LogP contribution in [0.1, 0.15) is 32.1 Å². The molecular weight excluding hydrogens is 276 g/mol. The topological polar surface area (TPSA) is 124 Å². The number of nitrogens with one attached hydrogen (secondary N) is 1. The van der Waals surface area contributed by atoms with Crippen LogP contribution in [-0.4, -0.2) is 41.9 Å². The first-order valence-corrected chi connectivity index (χ1v) is 8.22. The Morgan fingerprint density at radius 1 is 1.35 bits per heavy atom. The molecule has 0 radical (unpaired) electrons. The van der Waals surface area contributed by atoms with Crippen molar-refractivity contribution in [1.82, 2.24) is 5.32 Å². The lowest BCUT2D eigenvalue weighted by Crippen LogP contribution is -2.43. The molecule has 1 fully saturated rings. The largest absolute Gasteiger partial charge is 0.369 e. The fraction of sp³-hybridized carbons (Fsp3) is 0.846. The molecule has 0 aliphatic heterocycles. The lowest BCUT2D eigenvalue weighted by atomic mass is 9.96. The van der Waals surface area contributed by atoms with Gasteiger partial charge in [0.15, 0.2) is 5.78 Å². The molecule has 2 atom stereocenters. The normalized spacial score (nSPS) is 18.3. The molecule has 6 nitrogen and oxygen atoms in total. The van der Waals surface area contributed by atoms with Crippen molar-refractivity contribution in [1.29, 1.82) is 0 Å². The number of carbonyl (C=O) groups is 2. The summed E-state index contributed by atoms with van der Waals surface area (Å²) >= 11 is 1.67. The monoisotopic (exact) mass is 302 g/mol. The van der Waals surface area contributed by atoms with Gasteiger partial charge < -0.3 is 22.5 Å². The van der Waals surface area contributed by atoms with E-state index in [1.807, 2.05) is 0 Å². The Labute approximate surface area is 124 Å². The Morgan fingerprint density at radius 3 is 2.55 bits per heavy atom. The number of Topliss-reactive ketones (excluding diaryl/α,β-unsaturated/α-hetero) is 1. The zero-order valence-corrected chi connectivity index (χ0v) is 12.7. The smallest absolute Gasteiger partial charge is 0.228 e. The maximum atomic E-state index is 12.2. The minimum absolute atomic E-state index is 0.225. The average Bonchev–Trinajstić information content (AvgIpc) is 2.36. The van der Waals surface area contributed by atoms with Crippen LogP contribution in [0.2, 0.25) is 0 Å². The van der Waals surface area contributed by atoms with Gasteiger partial charge in [-0.25, -0.2) is 0 Å². The second-order valence-corrected chi connectivity index (χ2v) is 6.53. The third-order valence-corrected chi connectivity index (χ3v) is 5.08. The molecule has 7 N–H and O–H groups in total. The third-order valence-electron chi connectivity index (χ3n) is 3.62. The average molecular weight is 302 g/mol. The number of hydrogen-bond acceptors (Lipinski definition) is 6. The van der Waals surface area contributed by atoms with Crippen LogP contribution < -0.4 is 22.5 Å². The van der Waals surface area contributed by atoms with E-state index in [1.165, 1.54) is 19.3 Å². The Bertz CT molecular complexity index is 323. The molecule has 0 aromatic heterocycles. The fourth-order valence-electron chi connectivity index (χ4n) is 2.02. The summed E-state index contributed by atoms with van der Waals surface area (Å²) in [6.07, 6.45) is 4.87. The highest BCUT2D eigenvalue weighted by atomic mass is 32.2. The number of thioether (sulfide) groups is 1. The third kappa shape index (κ3) is 5.78. The lowest BCUT2D eigenvalue weighted by Gasteiger charge is -2.26. The van der Waals surface area contributed by atoms with E-state index < -0.39 is 17.9 Å². The number of ketones is 1.